The van der Waals surface area contributed by atoms with Crippen LogP contribution in [0.4, 0.5) is 11.4 Å². The van der Waals surface area contributed by atoms with E-state index in [-0.39, 0.29) is 18.9 Å². The summed E-state index contributed by atoms with van der Waals surface area (Å²) >= 11 is 5.49. The zero-order chi connectivity index (χ0) is 22.4. The van der Waals surface area contributed by atoms with Gasteiger partial charge >= 0.3 is 5.97 Å². The number of rotatable bonds is 7. The van der Waals surface area contributed by atoms with Gasteiger partial charge in [0, 0.05) is 37.9 Å². The number of para-hydroxylation sites is 1. The van der Waals surface area contributed by atoms with Crippen molar-refractivity contribution in [1.29, 1.82) is 0 Å². The van der Waals surface area contributed by atoms with Crippen molar-refractivity contribution in [3.05, 3.63) is 78.6 Å². The molecule has 3 aromatic rings. The Balaban J connectivity index is 1.83. The standard InChI is InChI=1S/C24H25N3O3S/c1-4-30-24(29)20-16-19(27-14-8-9-15-27)12-13-21(20)26(3)22(28)17-23(31)25(2)18-10-6-5-7-11-18/h5-16H,4,17H2,1-3H3. The quantitative estimate of drug-likeness (QED) is 0.405. The Morgan fingerprint density at radius 3 is 2.29 bits per heavy atom. The largest absolute Gasteiger partial charge is 0.462 e. The lowest BCUT2D eigenvalue weighted by Crippen LogP contribution is -2.34. The molecule has 0 bridgehead atoms. The van der Waals surface area contributed by atoms with E-state index in [9.17, 15) is 9.59 Å². The van der Waals surface area contributed by atoms with Gasteiger partial charge in [-0.05, 0) is 49.4 Å². The molecule has 0 aliphatic rings. The van der Waals surface area contributed by atoms with Gasteiger partial charge in [0.1, 0.15) is 0 Å². The number of nitrogens with zero attached hydrogens (tertiary/aromatic N) is 3. The van der Waals surface area contributed by atoms with Crippen molar-refractivity contribution in [1.82, 2.24) is 4.57 Å². The van der Waals surface area contributed by atoms with Crippen molar-refractivity contribution in [2.24, 2.45) is 0 Å². The fourth-order valence-corrected chi connectivity index (χ4v) is 3.38. The Labute approximate surface area is 187 Å². The molecule has 2 aromatic carbocycles. The van der Waals surface area contributed by atoms with Crippen molar-refractivity contribution in [2.45, 2.75) is 13.3 Å². The normalized spacial score (nSPS) is 10.4. The molecule has 0 aliphatic heterocycles. The summed E-state index contributed by atoms with van der Waals surface area (Å²) in [4.78, 5) is 29.4. The summed E-state index contributed by atoms with van der Waals surface area (Å²) in [7, 11) is 3.47. The van der Waals surface area contributed by atoms with E-state index in [0.29, 0.717) is 16.2 Å². The van der Waals surface area contributed by atoms with Crippen molar-refractivity contribution in [3.8, 4) is 5.69 Å². The van der Waals surface area contributed by atoms with E-state index in [2.05, 4.69) is 0 Å². The monoisotopic (exact) mass is 435 g/mol. The van der Waals surface area contributed by atoms with Gasteiger partial charge in [-0.15, -0.1) is 0 Å². The number of hydrogen-bond donors (Lipinski definition) is 0. The number of esters is 1. The lowest BCUT2D eigenvalue weighted by Gasteiger charge is -2.24. The summed E-state index contributed by atoms with van der Waals surface area (Å²) in [6.07, 6.45) is 3.81. The van der Waals surface area contributed by atoms with Crippen LogP contribution in [0.3, 0.4) is 0 Å². The number of carbonyl (C=O) groups excluding carboxylic acids is 2. The molecule has 3 rings (SSSR count). The number of carbonyl (C=O) groups is 2. The van der Waals surface area contributed by atoms with Crippen LogP contribution in [0.5, 0.6) is 0 Å². The van der Waals surface area contributed by atoms with Gasteiger partial charge < -0.3 is 19.1 Å². The molecular weight excluding hydrogens is 410 g/mol. The van der Waals surface area contributed by atoms with Gasteiger partial charge in [-0.25, -0.2) is 4.79 Å². The molecule has 0 atom stereocenters. The lowest BCUT2D eigenvalue weighted by molar-refractivity contribution is -0.117. The molecular formula is C24H25N3O3S. The van der Waals surface area contributed by atoms with Gasteiger partial charge in [-0.2, -0.15) is 0 Å². The molecule has 0 N–H and O–H groups in total. The average molecular weight is 436 g/mol. The SMILES string of the molecule is CCOC(=O)c1cc(-n2cccc2)ccc1N(C)C(=O)CC(=S)N(C)c1ccccc1. The van der Waals surface area contributed by atoms with E-state index in [1.165, 1.54) is 4.90 Å². The molecule has 0 saturated carbocycles. The summed E-state index contributed by atoms with van der Waals surface area (Å²) in [6.45, 7) is 2.00. The van der Waals surface area contributed by atoms with Crippen LogP contribution in [0.2, 0.25) is 0 Å². The first-order chi connectivity index (χ1) is 14.9. The Morgan fingerprint density at radius 2 is 1.65 bits per heavy atom. The van der Waals surface area contributed by atoms with E-state index in [4.69, 9.17) is 17.0 Å². The van der Waals surface area contributed by atoms with Gasteiger partial charge in [0.05, 0.1) is 29.3 Å². The molecule has 7 heteroatoms. The van der Waals surface area contributed by atoms with E-state index < -0.39 is 5.97 Å². The van der Waals surface area contributed by atoms with E-state index in [0.717, 1.165) is 11.4 Å². The van der Waals surface area contributed by atoms with E-state index in [1.807, 2.05) is 77.4 Å². The number of anilines is 2. The average Bonchev–Trinajstić information content (AvgIpc) is 3.33. The minimum absolute atomic E-state index is 0.0405. The zero-order valence-electron chi connectivity index (χ0n) is 17.8. The molecule has 0 radical (unpaired) electrons. The highest BCUT2D eigenvalue weighted by Crippen LogP contribution is 2.25. The molecule has 1 heterocycles. The highest BCUT2D eigenvalue weighted by Gasteiger charge is 2.22. The number of aromatic nitrogens is 1. The molecule has 0 spiro atoms. The molecule has 0 aliphatic carbocycles. The summed E-state index contributed by atoms with van der Waals surface area (Å²) in [5.41, 5.74) is 2.51. The summed E-state index contributed by atoms with van der Waals surface area (Å²) in [5, 5.41) is 0. The van der Waals surface area contributed by atoms with Gasteiger partial charge in [-0.3, -0.25) is 4.79 Å². The Hall–Kier alpha value is -3.45. The van der Waals surface area contributed by atoms with Gasteiger partial charge in [0.15, 0.2) is 0 Å². The van der Waals surface area contributed by atoms with Crippen LogP contribution in [0.1, 0.15) is 23.7 Å². The van der Waals surface area contributed by atoms with Gasteiger partial charge in [0.2, 0.25) is 5.91 Å². The summed E-state index contributed by atoms with van der Waals surface area (Å²) in [5.74, 6) is -0.692. The summed E-state index contributed by atoms with van der Waals surface area (Å²) in [6, 6.07) is 18.8. The van der Waals surface area contributed by atoms with Crippen LogP contribution in [0.25, 0.3) is 5.69 Å². The molecule has 1 aromatic heterocycles. The first-order valence-corrected chi connectivity index (χ1v) is 10.4. The van der Waals surface area contributed by atoms with E-state index >= 15 is 0 Å². The fraction of sp³-hybridized carbons (Fsp3) is 0.208. The third-order valence-corrected chi connectivity index (χ3v) is 5.35. The lowest BCUT2D eigenvalue weighted by atomic mass is 10.1. The van der Waals surface area contributed by atoms with Crippen LogP contribution < -0.4 is 9.80 Å². The Bertz CT molecular complexity index is 1060. The predicted octanol–water partition coefficient (Wildman–Crippen LogP) is 4.47. The van der Waals surface area contributed by atoms with E-state index in [1.54, 1.807) is 26.1 Å². The maximum absolute atomic E-state index is 13.0. The van der Waals surface area contributed by atoms with Crippen LogP contribution in [-0.2, 0) is 9.53 Å². The molecule has 0 unspecified atom stereocenters. The second kappa shape index (κ2) is 10.0. The molecule has 31 heavy (non-hydrogen) atoms. The maximum atomic E-state index is 13.0. The van der Waals surface area contributed by atoms with Crippen LogP contribution >= 0.6 is 12.2 Å². The minimum Gasteiger partial charge on any atom is -0.462 e. The Morgan fingerprint density at radius 1 is 0.968 bits per heavy atom. The van der Waals surface area contributed by atoms with Crippen molar-refractivity contribution in [3.63, 3.8) is 0 Å². The van der Waals surface area contributed by atoms with Crippen LogP contribution in [0, 0.1) is 0 Å². The Kier molecular flexibility index (Phi) is 7.20. The molecule has 6 nitrogen and oxygen atoms in total. The van der Waals surface area contributed by atoms with Crippen LogP contribution in [-0.4, -0.2) is 42.1 Å². The molecule has 160 valence electrons. The van der Waals surface area contributed by atoms with Crippen molar-refractivity contribution in [2.75, 3.05) is 30.5 Å². The number of thiocarbonyl (C=S) groups is 1. The summed E-state index contributed by atoms with van der Waals surface area (Å²) < 4.78 is 7.12. The molecule has 0 fully saturated rings. The predicted molar refractivity (Wildman–Crippen MR) is 127 cm³/mol. The number of benzene rings is 2. The minimum atomic E-state index is -0.477. The first kappa shape index (κ1) is 22.2. The van der Waals surface area contributed by atoms with Gasteiger partial charge in [0.25, 0.3) is 0 Å². The maximum Gasteiger partial charge on any atom is 0.340 e. The zero-order valence-corrected chi connectivity index (χ0v) is 18.6. The highest BCUT2D eigenvalue weighted by molar-refractivity contribution is 7.80. The first-order valence-electron chi connectivity index (χ1n) is 9.95. The number of hydrogen-bond acceptors (Lipinski definition) is 4. The smallest absolute Gasteiger partial charge is 0.340 e. The second-order valence-corrected chi connectivity index (χ2v) is 7.40. The topological polar surface area (TPSA) is 54.8 Å². The molecule has 1 amide bonds. The van der Waals surface area contributed by atoms with Crippen molar-refractivity contribution < 1.29 is 14.3 Å². The second-order valence-electron chi connectivity index (χ2n) is 6.93. The highest BCUT2D eigenvalue weighted by atomic mass is 32.1. The van der Waals surface area contributed by atoms with Gasteiger partial charge in [-0.1, -0.05) is 30.4 Å². The van der Waals surface area contributed by atoms with Crippen molar-refractivity contribution >= 4 is 40.5 Å². The fourth-order valence-electron chi connectivity index (χ4n) is 3.15. The van der Waals surface area contributed by atoms with Crippen LogP contribution in [0.15, 0.2) is 73.1 Å². The number of amides is 1. The third kappa shape index (κ3) is 5.19. The molecule has 0 saturated heterocycles. The number of ether oxygens (including phenoxy) is 1. The third-order valence-electron chi connectivity index (χ3n) is 4.93.